The second kappa shape index (κ2) is 10.1. The van der Waals surface area contributed by atoms with Crippen molar-refractivity contribution in [3.8, 4) is 0 Å². The summed E-state index contributed by atoms with van der Waals surface area (Å²) < 4.78 is 10.1. The summed E-state index contributed by atoms with van der Waals surface area (Å²) in [5, 5.41) is 0. The molecule has 0 fully saturated rings. The number of carbonyl (C=O) groups is 1. The van der Waals surface area contributed by atoms with Gasteiger partial charge in [0, 0.05) is 6.61 Å². The zero-order chi connectivity index (χ0) is 12.4. The van der Waals surface area contributed by atoms with Crippen LogP contribution in [0.2, 0.25) is 0 Å². The lowest BCUT2D eigenvalue weighted by Gasteiger charge is -2.15. The highest BCUT2D eigenvalue weighted by Crippen LogP contribution is 2.13. The number of esters is 1. The fourth-order valence-corrected chi connectivity index (χ4v) is 1.81. The van der Waals surface area contributed by atoms with Gasteiger partial charge < -0.3 is 9.47 Å². The Morgan fingerprint density at radius 3 is 2.50 bits per heavy atom. The van der Waals surface area contributed by atoms with Crippen LogP contribution in [-0.4, -0.2) is 31.1 Å². The van der Waals surface area contributed by atoms with E-state index in [1.807, 2.05) is 0 Å². The molecule has 3 nitrogen and oxygen atoms in total. The highest BCUT2D eigenvalue weighted by molar-refractivity contribution is 9.10. The molecule has 0 saturated heterocycles. The van der Waals surface area contributed by atoms with Crippen LogP contribution in [0.1, 0.15) is 39.5 Å². The number of rotatable bonds is 9. The highest BCUT2D eigenvalue weighted by atomic mass is 79.9. The first-order valence-electron chi connectivity index (χ1n) is 5.95. The number of halogens is 1. The predicted molar refractivity (Wildman–Crippen MR) is 68.9 cm³/mol. The van der Waals surface area contributed by atoms with Crippen molar-refractivity contribution in [3.63, 3.8) is 0 Å². The first-order chi connectivity index (χ1) is 7.65. The average molecular weight is 295 g/mol. The second-order valence-corrected chi connectivity index (χ2v) is 5.05. The van der Waals surface area contributed by atoms with Crippen molar-refractivity contribution in [2.24, 2.45) is 5.92 Å². The number of methoxy groups -OCH3 is 1. The lowest BCUT2D eigenvalue weighted by molar-refractivity contribution is -0.141. The van der Waals surface area contributed by atoms with E-state index in [1.165, 1.54) is 26.4 Å². The van der Waals surface area contributed by atoms with Gasteiger partial charge in [-0.25, -0.2) is 0 Å². The van der Waals surface area contributed by atoms with Crippen LogP contribution in [0.25, 0.3) is 0 Å². The third kappa shape index (κ3) is 7.23. The Hall–Kier alpha value is -0.0900. The molecule has 4 heteroatoms. The molecule has 0 saturated carbocycles. The topological polar surface area (TPSA) is 35.5 Å². The van der Waals surface area contributed by atoms with Gasteiger partial charge in [0.2, 0.25) is 0 Å². The summed E-state index contributed by atoms with van der Waals surface area (Å²) in [5.74, 6) is 0.332. The van der Waals surface area contributed by atoms with E-state index < -0.39 is 0 Å². The first-order valence-corrected chi connectivity index (χ1v) is 6.86. The average Bonchev–Trinajstić information content (AvgIpc) is 2.32. The fraction of sp³-hybridized carbons (Fsp3) is 0.917. The van der Waals surface area contributed by atoms with E-state index in [9.17, 15) is 4.79 Å². The molecule has 96 valence electrons. The smallest absolute Gasteiger partial charge is 0.321 e. The van der Waals surface area contributed by atoms with Gasteiger partial charge in [-0.3, -0.25) is 4.79 Å². The van der Waals surface area contributed by atoms with Crippen molar-refractivity contribution in [2.45, 2.75) is 44.4 Å². The van der Waals surface area contributed by atoms with Gasteiger partial charge >= 0.3 is 5.97 Å². The maximum absolute atomic E-state index is 11.1. The van der Waals surface area contributed by atoms with E-state index in [4.69, 9.17) is 4.74 Å². The molecule has 0 rings (SSSR count). The van der Waals surface area contributed by atoms with Crippen LogP contribution in [0.4, 0.5) is 0 Å². The van der Waals surface area contributed by atoms with Gasteiger partial charge in [-0.05, 0) is 12.3 Å². The zero-order valence-electron chi connectivity index (χ0n) is 10.5. The number of carbonyl (C=O) groups excluding carboxylic acids is 1. The van der Waals surface area contributed by atoms with Crippen LogP contribution in [0.5, 0.6) is 0 Å². The molecular weight excluding hydrogens is 272 g/mol. The molecule has 16 heavy (non-hydrogen) atoms. The Morgan fingerprint density at radius 1 is 1.31 bits per heavy atom. The summed E-state index contributed by atoms with van der Waals surface area (Å²) in [6.07, 6.45) is 4.81. The molecule has 2 unspecified atom stereocenters. The minimum Gasteiger partial charge on any atom is -0.468 e. The molecule has 0 aliphatic rings. The summed E-state index contributed by atoms with van der Waals surface area (Å²) in [4.78, 5) is 10.7. The third-order valence-corrected chi connectivity index (χ3v) is 3.26. The molecule has 0 amide bonds. The normalized spacial score (nSPS) is 14.5. The van der Waals surface area contributed by atoms with Crippen LogP contribution in [0, 0.1) is 5.92 Å². The van der Waals surface area contributed by atoms with E-state index in [2.05, 4.69) is 34.5 Å². The zero-order valence-corrected chi connectivity index (χ0v) is 12.1. The van der Waals surface area contributed by atoms with Gasteiger partial charge in [0.1, 0.15) is 4.83 Å². The Kier molecular flexibility index (Phi) is 10.0. The van der Waals surface area contributed by atoms with E-state index >= 15 is 0 Å². The minimum atomic E-state index is -0.346. The molecule has 0 spiro atoms. The Balaban J connectivity index is 3.64. The molecule has 0 heterocycles. The van der Waals surface area contributed by atoms with Gasteiger partial charge in [0.05, 0.1) is 13.7 Å². The van der Waals surface area contributed by atoms with Crippen molar-refractivity contribution in [1.82, 2.24) is 0 Å². The van der Waals surface area contributed by atoms with Crippen LogP contribution >= 0.6 is 15.9 Å². The third-order valence-electron chi connectivity index (χ3n) is 2.62. The van der Waals surface area contributed by atoms with Gasteiger partial charge in [0.15, 0.2) is 0 Å². The fourth-order valence-electron chi connectivity index (χ4n) is 1.43. The predicted octanol–water partition coefficient (Wildman–Crippen LogP) is 3.16. The van der Waals surface area contributed by atoms with Crippen molar-refractivity contribution >= 4 is 21.9 Å². The molecule has 0 aromatic heterocycles. The van der Waals surface area contributed by atoms with Gasteiger partial charge in [-0.1, -0.05) is 49.0 Å². The van der Waals surface area contributed by atoms with Crippen molar-refractivity contribution in [3.05, 3.63) is 0 Å². The van der Waals surface area contributed by atoms with Gasteiger partial charge in [-0.15, -0.1) is 0 Å². The van der Waals surface area contributed by atoms with Crippen molar-refractivity contribution in [2.75, 3.05) is 20.3 Å². The Morgan fingerprint density at radius 2 is 2.00 bits per heavy atom. The van der Waals surface area contributed by atoms with E-state index in [1.54, 1.807) is 0 Å². The maximum atomic E-state index is 11.1. The number of hydrogen-bond acceptors (Lipinski definition) is 3. The molecule has 0 aromatic rings. The molecule has 0 bridgehead atoms. The standard InChI is InChI=1S/C12H23BrO3/c1-4-6-7-10(5-2)8-16-9-11(13)12(14)15-3/h10-11H,4-9H2,1-3H3. The monoisotopic (exact) mass is 294 g/mol. The van der Waals surface area contributed by atoms with Crippen LogP contribution in [-0.2, 0) is 14.3 Å². The molecule has 0 radical (unpaired) electrons. The summed E-state index contributed by atoms with van der Waals surface area (Å²) in [5.41, 5.74) is 0. The lowest BCUT2D eigenvalue weighted by atomic mass is 10.0. The summed E-state index contributed by atoms with van der Waals surface area (Å²) in [6, 6.07) is 0. The maximum Gasteiger partial charge on any atom is 0.321 e. The first kappa shape index (κ1) is 15.9. The number of unbranched alkanes of at least 4 members (excludes halogenated alkanes) is 1. The van der Waals surface area contributed by atoms with E-state index in [0.29, 0.717) is 12.5 Å². The SMILES string of the molecule is CCCCC(CC)COCC(Br)C(=O)OC. The molecular formula is C12H23BrO3. The summed E-state index contributed by atoms with van der Waals surface area (Å²) in [6.45, 7) is 5.49. The number of ether oxygens (including phenoxy) is 2. The van der Waals surface area contributed by atoms with Crippen LogP contribution < -0.4 is 0 Å². The Bertz CT molecular complexity index is 185. The van der Waals surface area contributed by atoms with E-state index in [0.717, 1.165) is 13.0 Å². The molecule has 0 aromatic carbocycles. The van der Waals surface area contributed by atoms with Gasteiger partial charge in [-0.2, -0.15) is 0 Å². The van der Waals surface area contributed by atoms with Gasteiger partial charge in [0.25, 0.3) is 0 Å². The lowest BCUT2D eigenvalue weighted by Crippen LogP contribution is -2.23. The number of hydrogen-bond donors (Lipinski definition) is 0. The van der Waals surface area contributed by atoms with E-state index in [-0.39, 0.29) is 10.8 Å². The number of alkyl halides is 1. The largest absolute Gasteiger partial charge is 0.468 e. The molecule has 0 N–H and O–H groups in total. The minimum absolute atomic E-state index is 0.276. The summed E-state index contributed by atoms with van der Waals surface area (Å²) in [7, 11) is 1.38. The molecule has 2 atom stereocenters. The van der Waals surface area contributed by atoms with Crippen LogP contribution in [0.15, 0.2) is 0 Å². The van der Waals surface area contributed by atoms with Crippen molar-refractivity contribution < 1.29 is 14.3 Å². The molecule has 0 aliphatic heterocycles. The highest BCUT2D eigenvalue weighted by Gasteiger charge is 2.16. The Labute approximate surface area is 107 Å². The molecule has 0 aliphatic carbocycles. The summed E-state index contributed by atoms with van der Waals surface area (Å²) >= 11 is 3.23. The van der Waals surface area contributed by atoms with Crippen molar-refractivity contribution in [1.29, 1.82) is 0 Å². The van der Waals surface area contributed by atoms with Crippen LogP contribution in [0.3, 0.4) is 0 Å². The quantitative estimate of drug-likeness (QED) is 0.484. The second-order valence-electron chi connectivity index (χ2n) is 3.94.